The third-order valence-corrected chi connectivity index (χ3v) is 2.43. The van der Waals surface area contributed by atoms with Crippen LogP contribution in [0.25, 0.3) is 0 Å². The second-order valence-corrected chi connectivity index (χ2v) is 5.42. The number of hydrogen-bond acceptors (Lipinski definition) is 3. The van der Waals surface area contributed by atoms with Gasteiger partial charge in [-0.05, 0) is 23.8 Å². The smallest absolute Gasteiger partial charge is 0.212 e. The molecule has 0 fully saturated rings. The Hall–Kier alpha value is -1.12. The summed E-state index contributed by atoms with van der Waals surface area (Å²) in [7, 11) is 1.26. The monoisotopic (exact) mass is 233 g/mol. The van der Waals surface area contributed by atoms with Crippen molar-refractivity contribution in [3.05, 3.63) is 35.1 Å². The van der Waals surface area contributed by atoms with E-state index in [1.165, 1.54) is 6.07 Å². The fourth-order valence-electron chi connectivity index (χ4n) is 0.997. The summed E-state index contributed by atoms with van der Waals surface area (Å²) in [5.74, 6) is -1.14. The minimum Gasteiger partial charge on any atom is -0.212 e. The molecular formula is C8H5ClFNO2S. The Morgan fingerprint density at radius 1 is 1.43 bits per heavy atom. The van der Waals surface area contributed by atoms with Gasteiger partial charge in [-0.2, -0.15) is 5.26 Å². The van der Waals surface area contributed by atoms with Crippen LogP contribution in [0.5, 0.6) is 0 Å². The van der Waals surface area contributed by atoms with E-state index in [0.717, 1.165) is 12.1 Å². The molecule has 1 aromatic carbocycles. The first kappa shape index (κ1) is 11.0. The minimum absolute atomic E-state index is 0.0697. The number of nitriles is 1. The van der Waals surface area contributed by atoms with Gasteiger partial charge in [0.15, 0.2) is 0 Å². The van der Waals surface area contributed by atoms with Crippen LogP contribution in [-0.2, 0) is 14.8 Å². The number of rotatable bonds is 2. The molecule has 74 valence electrons. The first-order chi connectivity index (χ1) is 6.40. The molecule has 1 aromatic rings. The molecule has 0 amide bonds. The summed E-state index contributed by atoms with van der Waals surface area (Å²) in [6, 6.07) is 5.04. The Kier molecular flexibility index (Phi) is 3.09. The van der Waals surface area contributed by atoms with E-state index < -0.39 is 20.6 Å². The molecule has 0 atom stereocenters. The fourth-order valence-corrected chi connectivity index (χ4v) is 1.94. The summed E-state index contributed by atoms with van der Waals surface area (Å²) in [5.41, 5.74) is 0.233. The molecule has 0 unspecified atom stereocenters. The summed E-state index contributed by atoms with van der Waals surface area (Å²) in [6.45, 7) is 0. The van der Waals surface area contributed by atoms with Crippen LogP contribution in [0.4, 0.5) is 4.39 Å². The highest BCUT2D eigenvalue weighted by Crippen LogP contribution is 2.13. The van der Waals surface area contributed by atoms with Gasteiger partial charge < -0.3 is 0 Å². The molecule has 1 rings (SSSR count). The zero-order valence-electron chi connectivity index (χ0n) is 6.87. The average Bonchev–Trinajstić information content (AvgIpc) is 1.99. The second kappa shape index (κ2) is 3.95. The highest BCUT2D eigenvalue weighted by Gasteiger charge is 2.09. The van der Waals surface area contributed by atoms with Crippen molar-refractivity contribution >= 4 is 19.7 Å². The van der Waals surface area contributed by atoms with E-state index in [4.69, 9.17) is 15.9 Å². The zero-order chi connectivity index (χ0) is 10.8. The first-order valence-electron chi connectivity index (χ1n) is 3.52. The SMILES string of the molecule is N#Cc1cc(F)cc(CS(=O)(=O)Cl)c1. The van der Waals surface area contributed by atoms with Gasteiger partial charge in [0, 0.05) is 10.7 Å². The maximum Gasteiger partial charge on any atom is 0.236 e. The Bertz CT molecular complexity index is 493. The van der Waals surface area contributed by atoms with E-state index in [2.05, 4.69) is 0 Å². The number of nitrogens with zero attached hydrogens (tertiary/aromatic N) is 1. The largest absolute Gasteiger partial charge is 0.236 e. The molecule has 0 radical (unpaired) electrons. The number of hydrogen-bond donors (Lipinski definition) is 0. The van der Waals surface area contributed by atoms with Crippen molar-refractivity contribution in [1.82, 2.24) is 0 Å². The van der Waals surface area contributed by atoms with Crippen LogP contribution in [0, 0.1) is 17.1 Å². The molecule has 0 bridgehead atoms. The van der Waals surface area contributed by atoms with Crippen LogP contribution in [-0.4, -0.2) is 8.42 Å². The summed E-state index contributed by atoms with van der Waals surface area (Å²) in [5, 5.41) is 8.49. The molecule has 0 aliphatic carbocycles. The van der Waals surface area contributed by atoms with Crippen molar-refractivity contribution in [2.75, 3.05) is 0 Å². The average molecular weight is 234 g/mol. The summed E-state index contributed by atoms with van der Waals surface area (Å²) in [4.78, 5) is 0. The molecule has 6 heteroatoms. The van der Waals surface area contributed by atoms with Gasteiger partial charge in [-0.1, -0.05) is 0 Å². The lowest BCUT2D eigenvalue weighted by Crippen LogP contribution is -1.96. The summed E-state index contributed by atoms with van der Waals surface area (Å²) in [6.07, 6.45) is 0. The third kappa shape index (κ3) is 3.32. The van der Waals surface area contributed by atoms with Gasteiger partial charge in [-0.3, -0.25) is 0 Å². The van der Waals surface area contributed by atoms with Gasteiger partial charge in [-0.25, -0.2) is 12.8 Å². The van der Waals surface area contributed by atoms with Gasteiger partial charge in [-0.15, -0.1) is 0 Å². The molecule has 14 heavy (non-hydrogen) atoms. The first-order valence-corrected chi connectivity index (χ1v) is 6.00. The Morgan fingerprint density at radius 2 is 2.07 bits per heavy atom. The quantitative estimate of drug-likeness (QED) is 0.732. The van der Waals surface area contributed by atoms with E-state index in [-0.39, 0.29) is 11.1 Å². The molecule has 3 nitrogen and oxygen atoms in total. The topological polar surface area (TPSA) is 57.9 Å². The molecule has 0 N–H and O–H groups in total. The predicted octanol–water partition coefficient (Wildman–Crippen LogP) is 1.77. The minimum atomic E-state index is -3.72. The normalized spacial score (nSPS) is 10.9. The number of benzene rings is 1. The van der Waals surface area contributed by atoms with E-state index in [0.29, 0.717) is 0 Å². The van der Waals surface area contributed by atoms with Crippen LogP contribution >= 0.6 is 10.7 Å². The van der Waals surface area contributed by atoms with Crippen molar-refractivity contribution in [3.8, 4) is 6.07 Å². The molecule has 0 aliphatic rings. The lowest BCUT2D eigenvalue weighted by molar-refractivity contribution is 0.608. The molecule has 0 aliphatic heterocycles. The zero-order valence-corrected chi connectivity index (χ0v) is 8.44. The molecule has 0 saturated heterocycles. The highest BCUT2D eigenvalue weighted by atomic mass is 35.7. The van der Waals surface area contributed by atoms with Gasteiger partial charge in [0.2, 0.25) is 9.05 Å². The van der Waals surface area contributed by atoms with Gasteiger partial charge in [0.25, 0.3) is 0 Å². The molecular weight excluding hydrogens is 229 g/mol. The number of halogens is 2. The molecule has 0 spiro atoms. The van der Waals surface area contributed by atoms with E-state index in [9.17, 15) is 12.8 Å². The van der Waals surface area contributed by atoms with E-state index in [1.807, 2.05) is 0 Å². The van der Waals surface area contributed by atoms with Gasteiger partial charge >= 0.3 is 0 Å². The predicted molar refractivity (Wildman–Crippen MR) is 49.6 cm³/mol. The van der Waals surface area contributed by atoms with Crippen LogP contribution in [0.2, 0.25) is 0 Å². The maximum atomic E-state index is 12.8. The third-order valence-electron chi connectivity index (χ3n) is 1.43. The Labute approximate surface area is 85.2 Å². The molecule has 0 aromatic heterocycles. The maximum absolute atomic E-state index is 12.8. The van der Waals surface area contributed by atoms with Gasteiger partial charge in [0.1, 0.15) is 5.82 Å². The van der Waals surface area contributed by atoms with E-state index in [1.54, 1.807) is 6.07 Å². The van der Waals surface area contributed by atoms with Crippen molar-refractivity contribution in [2.24, 2.45) is 0 Å². The van der Waals surface area contributed by atoms with Crippen LogP contribution in [0.15, 0.2) is 18.2 Å². The second-order valence-electron chi connectivity index (χ2n) is 2.64. The summed E-state index contributed by atoms with van der Waals surface area (Å²) < 4.78 is 34.1. The van der Waals surface area contributed by atoms with Crippen LogP contribution < -0.4 is 0 Å². The lowest BCUT2D eigenvalue weighted by Gasteiger charge is -1.98. The summed E-state index contributed by atoms with van der Waals surface area (Å²) >= 11 is 0. The fraction of sp³-hybridized carbons (Fsp3) is 0.125. The lowest BCUT2D eigenvalue weighted by atomic mass is 10.1. The van der Waals surface area contributed by atoms with Gasteiger partial charge in [0.05, 0.1) is 17.4 Å². The van der Waals surface area contributed by atoms with Crippen LogP contribution in [0.1, 0.15) is 11.1 Å². The van der Waals surface area contributed by atoms with Crippen molar-refractivity contribution in [3.63, 3.8) is 0 Å². The van der Waals surface area contributed by atoms with Crippen molar-refractivity contribution in [2.45, 2.75) is 5.75 Å². The van der Waals surface area contributed by atoms with Crippen LogP contribution in [0.3, 0.4) is 0 Å². The highest BCUT2D eigenvalue weighted by molar-refractivity contribution is 8.13. The molecule has 0 heterocycles. The van der Waals surface area contributed by atoms with E-state index >= 15 is 0 Å². The van der Waals surface area contributed by atoms with Crippen molar-refractivity contribution in [1.29, 1.82) is 5.26 Å². The molecule has 0 saturated carbocycles. The Morgan fingerprint density at radius 3 is 2.57 bits per heavy atom. The Balaban J connectivity index is 3.12. The standard InChI is InChI=1S/C8H5ClFNO2S/c9-14(12,13)5-7-1-6(4-11)2-8(10)3-7/h1-3H,5H2. The van der Waals surface area contributed by atoms with Crippen molar-refractivity contribution < 1.29 is 12.8 Å².